The van der Waals surface area contributed by atoms with Crippen molar-refractivity contribution >= 4 is 5.82 Å². The van der Waals surface area contributed by atoms with Crippen LogP contribution in [0.3, 0.4) is 0 Å². The van der Waals surface area contributed by atoms with Crippen LogP contribution >= 0.6 is 0 Å². The molecule has 1 saturated heterocycles. The molecule has 1 aliphatic heterocycles. The smallest absolute Gasteiger partial charge is 0.133 e. The third-order valence-corrected chi connectivity index (χ3v) is 5.00. The lowest BCUT2D eigenvalue weighted by Gasteiger charge is -2.34. The van der Waals surface area contributed by atoms with Crippen LogP contribution in [0.5, 0.6) is 0 Å². The molecule has 3 nitrogen and oxygen atoms in total. The van der Waals surface area contributed by atoms with Crippen LogP contribution in [-0.4, -0.2) is 24.6 Å². The largest absolute Gasteiger partial charge is 0.353 e. The maximum atomic E-state index is 4.71. The van der Waals surface area contributed by atoms with Gasteiger partial charge >= 0.3 is 0 Å². The molecule has 19 heavy (non-hydrogen) atoms. The Bertz CT molecular complexity index is 432. The molecule has 1 aliphatic carbocycles. The zero-order valence-electron chi connectivity index (χ0n) is 12.1. The van der Waals surface area contributed by atoms with Gasteiger partial charge < -0.3 is 10.2 Å². The van der Waals surface area contributed by atoms with Gasteiger partial charge in [-0.05, 0) is 45.2 Å². The molecule has 0 amide bonds. The van der Waals surface area contributed by atoms with Gasteiger partial charge in [-0.2, -0.15) is 0 Å². The second-order valence-corrected chi connectivity index (χ2v) is 6.02. The highest BCUT2D eigenvalue weighted by molar-refractivity contribution is 5.50. The second kappa shape index (κ2) is 5.49. The van der Waals surface area contributed by atoms with E-state index >= 15 is 0 Å². The van der Waals surface area contributed by atoms with E-state index < -0.39 is 0 Å². The highest BCUT2D eigenvalue weighted by Crippen LogP contribution is 2.39. The highest BCUT2D eigenvalue weighted by atomic mass is 15.2. The van der Waals surface area contributed by atoms with Gasteiger partial charge in [0.15, 0.2) is 0 Å². The number of fused-ring (bicyclic) bond motifs is 1. The summed E-state index contributed by atoms with van der Waals surface area (Å²) in [5.74, 6) is 2.13. The van der Waals surface area contributed by atoms with E-state index in [1.165, 1.54) is 50.0 Å². The number of nitrogens with zero attached hydrogens (tertiary/aromatic N) is 2. The average molecular weight is 259 g/mol. The fourth-order valence-corrected chi connectivity index (χ4v) is 3.81. The van der Waals surface area contributed by atoms with Crippen LogP contribution in [0.2, 0.25) is 0 Å². The number of hydrogen-bond donors (Lipinski definition) is 1. The van der Waals surface area contributed by atoms with Gasteiger partial charge in [-0.25, -0.2) is 4.98 Å². The van der Waals surface area contributed by atoms with Gasteiger partial charge in [-0.3, -0.25) is 0 Å². The van der Waals surface area contributed by atoms with Crippen LogP contribution in [0.4, 0.5) is 5.82 Å². The van der Waals surface area contributed by atoms with Crippen molar-refractivity contribution in [2.45, 2.75) is 51.1 Å². The molecule has 3 heteroatoms. The Morgan fingerprint density at radius 1 is 1.32 bits per heavy atom. The molecule has 0 aromatic carbocycles. The van der Waals surface area contributed by atoms with Crippen LogP contribution in [0, 0.1) is 5.92 Å². The average Bonchev–Trinajstić information content (AvgIpc) is 2.90. The lowest BCUT2D eigenvalue weighted by atomic mass is 9.85. The zero-order chi connectivity index (χ0) is 13.2. The first-order valence-corrected chi connectivity index (χ1v) is 7.70. The molecule has 0 radical (unpaired) electrons. The fraction of sp³-hybridized carbons (Fsp3) is 0.688. The van der Waals surface area contributed by atoms with E-state index in [-0.39, 0.29) is 0 Å². The summed E-state index contributed by atoms with van der Waals surface area (Å²) in [5, 5.41) is 3.35. The van der Waals surface area contributed by atoms with E-state index in [0.29, 0.717) is 6.04 Å². The van der Waals surface area contributed by atoms with Crippen molar-refractivity contribution in [1.82, 2.24) is 10.3 Å². The predicted molar refractivity (Wildman–Crippen MR) is 79.4 cm³/mol. The third-order valence-electron chi connectivity index (χ3n) is 5.00. The minimum Gasteiger partial charge on any atom is -0.353 e. The Kier molecular flexibility index (Phi) is 3.74. The van der Waals surface area contributed by atoms with Crippen LogP contribution in [0.15, 0.2) is 18.3 Å². The van der Waals surface area contributed by atoms with Crippen molar-refractivity contribution < 1.29 is 0 Å². The first kappa shape index (κ1) is 12.9. The minimum absolute atomic E-state index is 0.367. The lowest BCUT2D eigenvalue weighted by Crippen LogP contribution is -2.36. The molecule has 0 spiro atoms. The van der Waals surface area contributed by atoms with E-state index in [4.69, 9.17) is 4.98 Å². The third kappa shape index (κ3) is 2.36. The van der Waals surface area contributed by atoms with Crippen molar-refractivity contribution in [2.75, 3.05) is 18.5 Å². The zero-order valence-corrected chi connectivity index (χ0v) is 12.1. The van der Waals surface area contributed by atoms with Gasteiger partial charge in [0.1, 0.15) is 5.82 Å². The molecular weight excluding hydrogens is 234 g/mol. The summed E-state index contributed by atoms with van der Waals surface area (Å²) >= 11 is 0. The standard InChI is InChI=1S/C16H25N3/c1-12(17-2)14-7-5-10-18-16(14)19-11-9-13-6-3-4-8-15(13)19/h5,7,10,12-13,15,17H,3-4,6,8-9,11H2,1-2H3. The number of hydrogen-bond acceptors (Lipinski definition) is 3. The quantitative estimate of drug-likeness (QED) is 0.904. The van der Waals surface area contributed by atoms with E-state index in [1.54, 1.807) is 0 Å². The molecular formula is C16H25N3. The van der Waals surface area contributed by atoms with Crippen molar-refractivity contribution in [3.05, 3.63) is 23.9 Å². The minimum atomic E-state index is 0.367. The number of pyridine rings is 1. The molecule has 1 saturated carbocycles. The summed E-state index contributed by atoms with van der Waals surface area (Å²) in [7, 11) is 2.02. The number of aromatic nitrogens is 1. The molecule has 104 valence electrons. The number of rotatable bonds is 3. The SMILES string of the molecule is CNC(C)c1cccnc1N1CCC2CCCCC21. The van der Waals surface area contributed by atoms with Gasteiger partial charge in [-0.1, -0.05) is 18.9 Å². The Morgan fingerprint density at radius 2 is 2.16 bits per heavy atom. The number of anilines is 1. The van der Waals surface area contributed by atoms with Crippen molar-refractivity contribution in [3.8, 4) is 0 Å². The molecule has 3 atom stereocenters. The number of nitrogens with one attached hydrogen (secondary N) is 1. The summed E-state index contributed by atoms with van der Waals surface area (Å²) in [6.45, 7) is 3.41. The van der Waals surface area contributed by atoms with Gasteiger partial charge in [-0.15, -0.1) is 0 Å². The molecule has 2 aliphatic rings. The first-order chi connectivity index (χ1) is 9.31. The van der Waals surface area contributed by atoms with Gasteiger partial charge in [0, 0.05) is 30.4 Å². The van der Waals surface area contributed by atoms with Crippen LogP contribution in [0.25, 0.3) is 0 Å². The summed E-state index contributed by atoms with van der Waals surface area (Å²) < 4.78 is 0. The van der Waals surface area contributed by atoms with Crippen LogP contribution in [-0.2, 0) is 0 Å². The maximum absolute atomic E-state index is 4.71. The Hall–Kier alpha value is -1.09. The molecule has 3 rings (SSSR count). The highest BCUT2D eigenvalue weighted by Gasteiger charge is 2.37. The summed E-state index contributed by atoms with van der Waals surface area (Å²) in [6, 6.07) is 5.39. The Balaban J connectivity index is 1.89. The molecule has 3 unspecified atom stereocenters. The van der Waals surface area contributed by atoms with Gasteiger partial charge in [0.05, 0.1) is 0 Å². The molecule has 2 fully saturated rings. The van der Waals surface area contributed by atoms with Gasteiger partial charge in [0.25, 0.3) is 0 Å². The monoisotopic (exact) mass is 259 g/mol. The van der Waals surface area contributed by atoms with E-state index in [0.717, 1.165) is 12.0 Å². The molecule has 1 aromatic heterocycles. The van der Waals surface area contributed by atoms with E-state index in [1.807, 2.05) is 13.2 Å². The predicted octanol–water partition coefficient (Wildman–Crippen LogP) is 3.13. The molecule has 2 heterocycles. The Labute approximate surface area is 116 Å². The fourth-order valence-electron chi connectivity index (χ4n) is 3.81. The van der Waals surface area contributed by atoms with Crippen LogP contribution in [0.1, 0.15) is 50.6 Å². The van der Waals surface area contributed by atoms with Crippen molar-refractivity contribution in [3.63, 3.8) is 0 Å². The maximum Gasteiger partial charge on any atom is 0.133 e. The lowest BCUT2D eigenvalue weighted by molar-refractivity contribution is 0.341. The molecule has 1 N–H and O–H groups in total. The Morgan fingerprint density at radius 3 is 3.00 bits per heavy atom. The topological polar surface area (TPSA) is 28.2 Å². The second-order valence-electron chi connectivity index (χ2n) is 6.02. The summed E-state index contributed by atoms with van der Waals surface area (Å²) in [4.78, 5) is 7.30. The van der Waals surface area contributed by atoms with Gasteiger partial charge in [0.2, 0.25) is 0 Å². The van der Waals surface area contributed by atoms with E-state index in [2.05, 4.69) is 29.3 Å². The summed E-state index contributed by atoms with van der Waals surface area (Å²) in [5.41, 5.74) is 1.34. The van der Waals surface area contributed by atoms with Crippen molar-refractivity contribution in [2.24, 2.45) is 5.92 Å². The molecule has 1 aromatic rings. The van der Waals surface area contributed by atoms with Crippen LogP contribution < -0.4 is 10.2 Å². The molecule has 0 bridgehead atoms. The van der Waals surface area contributed by atoms with Crippen molar-refractivity contribution in [1.29, 1.82) is 0 Å². The first-order valence-electron chi connectivity index (χ1n) is 7.70. The normalized spacial score (nSPS) is 28.2. The summed E-state index contributed by atoms with van der Waals surface area (Å²) in [6.07, 6.45) is 8.89. The van der Waals surface area contributed by atoms with E-state index in [9.17, 15) is 0 Å².